The van der Waals surface area contributed by atoms with Crippen LogP contribution in [0.1, 0.15) is 27.7 Å². The Labute approximate surface area is 144 Å². The van der Waals surface area contributed by atoms with Gasteiger partial charge >= 0.3 is 8.25 Å². The van der Waals surface area contributed by atoms with Gasteiger partial charge in [-0.2, -0.15) is 0 Å². The molecule has 9 nitrogen and oxygen atoms in total. The first-order valence-corrected chi connectivity index (χ1v) is 9.22. The van der Waals surface area contributed by atoms with Crippen LogP contribution in [-0.2, 0) is 13.6 Å². The third-order valence-corrected chi connectivity index (χ3v) is 5.00. The van der Waals surface area contributed by atoms with Gasteiger partial charge in [0.05, 0.1) is 26.4 Å². The van der Waals surface area contributed by atoms with Crippen molar-refractivity contribution in [1.82, 2.24) is 9.80 Å². The van der Waals surface area contributed by atoms with E-state index in [1.54, 1.807) is 37.5 Å². The van der Waals surface area contributed by atoms with Crippen LogP contribution < -0.4 is 0 Å². The molecule has 0 amide bonds. The maximum atomic E-state index is 12.3. The van der Waals surface area contributed by atoms with Crippen molar-refractivity contribution in [3.8, 4) is 0 Å². The lowest BCUT2D eigenvalue weighted by Crippen LogP contribution is -2.49. The molecule has 0 aliphatic carbocycles. The highest BCUT2D eigenvalue weighted by molar-refractivity contribution is 7.33. The molecule has 4 N–H and O–H groups in total. The van der Waals surface area contributed by atoms with E-state index in [-0.39, 0.29) is 52.6 Å². The molecule has 24 heavy (non-hydrogen) atoms. The van der Waals surface area contributed by atoms with Crippen molar-refractivity contribution in [2.24, 2.45) is 0 Å². The largest absolute Gasteiger partial charge is 0.395 e. The highest BCUT2D eigenvalue weighted by Crippen LogP contribution is 2.38. The van der Waals surface area contributed by atoms with Crippen LogP contribution in [0.5, 0.6) is 0 Å². The Morgan fingerprint density at radius 1 is 0.708 bits per heavy atom. The van der Waals surface area contributed by atoms with E-state index in [1.807, 2.05) is 0 Å². The van der Waals surface area contributed by atoms with E-state index < -0.39 is 19.7 Å². The van der Waals surface area contributed by atoms with Gasteiger partial charge in [-0.05, 0) is 27.7 Å². The third-order valence-electron chi connectivity index (χ3n) is 3.67. The average molecular weight is 372 g/mol. The number of rotatable bonds is 14. The van der Waals surface area contributed by atoms with Crippen LogP contribution in [0.4, 0.5) is 0 Å². The molecule has 10 heteroatoms. The van der Waals surface area contributed by atoms with Gasteiger partial charge in [0.1, 0.15) is 11.4 Å². The Morgan fingerprint density at radius 2 is 0.958 bits per heavy atom. The second kappa shape index (κ2) is 11.5. The van der Waals surface area contributed by atoms with Gasteiger partial charge in [0, 0.05) is 26.2 Å². The lowest BCUT2D eigenvalue weighted by atomic mass is 10.2. The van der Waals surface area contributed by atoms with Gasteiger partial charge < -0.3 is 20.4 Å². The standard InChI is InChI=1S/C14H33N2O7P/c1-13(2,15(5-9-17)6-10-18)22-24(21)23-14(3,4)16(7-11-19)8-12-20/h17-20,24H,5-12H2,1-4H3. The molecule has 0 bridgehead atoms. The fourth-order valence-electron chi connectivity index (χ4n) is 2.34. The maximum Gasteiger partial charge on any atom is 0.322 e. The summed E-state index contributed by atoms with van der Waals surface area (Å²) in [6.07, 6.45) is 0. The summed E-state index contributed by atoms with van der Waals surface area (Å²) in [4.78, 5) is 3.32. The molecule has 0 heterocycles. The first-order chi connectivity index (χ1) is 11.1. The molecule has 0 spiro atoms. The lowest BCUT2D eigenvalue weighted by Gasteiger charge is -2.40. The Bertz CT molecular complexity index is 325. The third kappa shape index (κ3) is 8.33. The van der Waals surface area contributed by atoms with Crippen LogP contribution >= 0.6 is 8.25 Å². The Morgan fingerprint density at radius 3 is 1.17 bits per heavy atom. The Balaban J connectivity index is 4.89. The van der Waals surface area contributed by atoms with Gasteiger partial charge in [0.15, 0.2) is 0 Å². The van der Waals surface area contributed by atoms with Crippen molar-refractivity contribution >= 4 is 8.25 Å². The van der Waals surface area contributed by atoms with Crippen LogP contribution in [0.3, 0.4) is 0 Å². The minimum atomic E-state index is -2.92. The van der Waals surface area contributed by atoms with Gasteiger partial charge in [0.2, 0.25) is 0 Å². The quantitative estimate of drug-likeness (QED) is 0.235. The van der Waals surface area contributed by atoms with E-state index in [0.29, 0.717) is 0 Å². The van der Waals surface area contributed by atoms with Gasteiger partial charge in [-0.1, -0.05) is 0 Å². The van der Waals surface area contributed by atoms with Crippen LogP contribution in [-0.4, -0.2) is 94.3 Å². The van der Waals surface area contributed by atoms with Crippen LogP contribution in [0.25, 0.3) is 0 Å². The number of hydrogen-bond acceptors (Lipinski definition) is 9. The van der Waals surface area contributed by atoms with Gasteiger partial charge in [-0.15, -0.1) is 0 Å². The van der Waals surface area contributed by atoms with Crippen molar-refractivity contribution in [2.45, 2.75) is 39.1 Å². The van der Waals surface area contributed by atoms with Crippen molar-refractivity contribution in [1.29, 1.82) is 0 Å². The van der Waals surface area contributed by atoms with Crippen molar-refractivity contribution in [3.63, 3.8) is 0 Å². The molecule has 0 aromatic carbocycles. The number of nitrogens with zero attached hydrogens (tertiary/aromatic N) is 2. The summed E-state index contributed by atoms with van der Waals surface area (Å²) in [7, 11) is -2.92. The molecular formula is C14H33N2O7P. The van der Waals surface area contributed by atoms with E-state index in [1.165, 1.54) is 0 Å². The zero-order valence-electron chi connectivity index (χ0n) is 15.1. The molecule has 0 fully saturated rings. The molecule has 0 aliphatic rings. The van der Waals surface area contributed by atoms with Crippen LogP contribution in [0.2, 0.25) is 0 Å². The zero-order valence-corrected chi connectivity index (χ0v) is 16.1. The smallest absolute Gasteiger partial charge is 0.322 e. The summed E-state index contributed by atoms with van der Waals surface area (Å²) in [5.41, 5.74) is -2.01. The van der Waals surface area contributed by atoms with Crippen molar-refractivity contribution < 1.29 is 34.0 Å². The monoisotopic (exact) mass is 372 g/mol. The van der Waals surface area contributed by atoms with Crippen molar-refractivity contribution in [2.75, 3.05) is 52.6 Å². The molecule has 0 unspecified atom stereocenters. The zero-order chi connectivity index (χ0) is 18.8. The molecule has 146 valence electrons. The van der Waals surface area contributed by atoms with Crippen molar-refractivity contribution in [3.05, 3.63) is 0 Å². The van der Waals surface area contributed by atoms with E-state index in [4.69, 9.17) is 29.5 Å². The van der Waals surface area contributed by atoms with Gasteiger partial charge in [-0.25, -0.2) is 0 Å². The van der Waals surface area contributed by atoms with Crippen LogP contribution in [0.15, 0.2) is 0 Å². The fraction of sp³-hybridized carbons (Fsp3) is 1.00. The van der Waals surface area contributed by atoms with E-state index >= 15 is 0 Å². The summed E-state index contributed by atoms with van der Waals surface area (Å²) < 4.78 is 23.4. The second-order valence-electron chi connectivity index (χ2n) is 6.22. The molecule has 0 saturated carbocycles. The van der Waals surface area contributed by atoms with Gasteiger partial charge in [0.25, 0.3) is 0 Å². The SMILES string of the molecule is CC(C)(O[PH](=O)OC(C)(C)N(CCO)CCO)N(CCO)CCO. The van der Waals surface area contributed by atoms with Gasteiger partial charge in [-0.3, -0.25) is 23.4 Å². The number of aliphatic hydroxyl groups is 4. The first kappa shape index (κ1) is 23.9. The summed E-state index contributed by atoms with van der Waals surface area (Å²) in [6.45, 7) is 7.24. The fourth-order valence-corrected chi connectivity index (χ4v) is 3.46. The predicted octanol–water partition coefficient (Wildman–Crippen LogP) is -0.545. The maximum absolute atomic E-state index is 12.3. The molecule has 0 aromatic rings. The summed E-state index contributed by atoms with van der Waals surface area (Å²) >= 11 is 0. The molecule has 0 aliphatic heterocycles. The highest BCUT2D eigenvalue weighted by Gasteiger charge is 2.34. The highest BCUT2D eigenvalue weighted by atomic mass is 31.1. The number of hydrogen-bond donors (Lipinski definition) is 4. The summed E-state index contributed by atoms with van der Waals surface area (Å²) in [5.74, 6) is 0. The average Bonchev–Trinajstić information content (AvgIpc) is 2.45. The lowest BCUT2D eigenvalue weighted by molar-refractivity contribution is -0.104. The summed E-state index contributed by atoms with van der Waals surface area (Å²) in [5, 5.41) is 36.4. The second-order valence-corrected chi connectivity index (χ2v) is 7.12. The minimum Gasteiger partial charge on any atom is -0.395 e. The molecular weight excluding hydrogens is 339 g/mol. The molecule has 0 aromatic heterocycles. The van der Waals surface area contributed by atoms with E-state index in [9.17, 15) is 4.57 Å². The Kier molecular flexibility index (Phi) is 11.5. The predicted molar refractivity (Wildman–Crippen MR) is 90.8 cm³/mol. The van der Waals surface area contributed by atoms with E-state index in [2.05, 4.69) is 0 Å². The normalized spacial score (nSPS) is 13.5. The Hall–Kier alpha value is -0.0900. The first-order valence-electron chi connectivity index (χ1n) is 8.00. The van der Waals surface area contributed by atoms with Crippen LogP contribution in [0, 0.1) is 0 Å². The molecule has 0 saturated heterocycles. The topological polar surface area (TPSA) is 123 Å². The molecule has 0 rings (SSSR count). The minimum absolute atomic E-state index is 0.124. The molecule has 0 atom stereocenters. The molecule has 0 radical (unpaired) electrons. The van der Waals surface area contributed by atoms with E-state index in [0.717, 1.165) is 0 Å². The summed E-state index contributed by atoms with van der Waals surface area (Å²) in [6, 6.07) is 0. The number of aliphatic hydroxyl groups excluding tert-OH is 4.